The Balaban J connectivity index is 2.28. The minimum Gasteiger partial charge on any atom is -0.476 e. The van der Waals surface area contributed by atoms with E-state index in [1.807, 2.05) is 0 Å². The Morgan fingerprint density at radius 1 is 0.867 bits per heavy atom. The Morgan fingerprint density at radius 2 is 1.37 bits per heavy atom. The van der Waals surface area contributed by atoms with Crippen LogP contribution >= 0.6 is 0 Å². The first-order valence-corrected chi connectivity index (χ1v) is 9.21. The maximum atomic E-state index is 14.8. The van der Waals surface area contributed by atoms with Crippen molar-refractivity contribution in [2.75, 3.05) is 0 Å². The lowest BCUT2D eigenvalue weighted by molar-refractivity contribution is -0.163. The van der Waals surface area contributed by atoms with E-state index < -0.39 is 40.4 Å². The van der Waals surface area contributed by atoms with Gasteiger partial charge in [0.2, 0.25) is 0 Å². The van der Waals surface area contributed by atoms with Gasteiger partial charge in [0.1, 0.15) is 5.75 Å². The molecule has 0 atom stereocenters. The van der Waals surface area contributed by atoms with Crippen molar-refractivity contribution in [3.8, 4) is 5.75 Å². The van der Waals surface area contributed by atoms with Crippen LogP contribution < -0.4 is 4.74 Å². The summed E-state index contributed by atoms with van der Waals surface area (Å²) in [5.41, 5.74) is -2.98. The number of carbonyl (C=O) groups excluding carboxylic acids is 1. The highest BCUT2D eigenvalue weighted by Crippen LogP contribution is 2.39. The second-order valence-electron chi connectivity index (χ2n) is 7.70. The fraction of sp³-hybridized carbons (Fsp3) is 0.409. The molecular formula is C22H23F5O3. The minimum absolute atomic E-state index is 0.215. The van der Waals surface area contributed by atoms with Crippen molar-refractivity contribution in [2.45, 2.75) is 58.4 Å². The third-order valence-electron chi connectivity index (χ3n) is 4.31. The molecular weight excluding hydrogens is 407 g/mol. The number of hydrogen-bond acceptors (Lipinski definition) is 3. The summed E-state index contributed by atoms with van der Waals surface area (Å²) in [5, 5.41) is 0. The molecule has 0 aliphatic carbocycles. The summed E-state index contributed by atoms with van der Waals surface area (Å²) in [5.74, 6) is -3.90. The number of ether oxygens (including phenoxy) is 2. The maximum Gasteiger partial charge on any atom is 0.416 e. The number of alkyl halides is 5. The maximum absolute atomic E-state index is 14.8. The Kier molecular flexibility index (Phi) is 6.49. The molecule has 3 nitrogen and oxygen atoms in total. The van der Waals surface area contributed by atoms with Crippen LogP contribution in [0.25, 0.3) is 0 Å². The molecule has 0 radical (unpaired) electrons. The van der Waals surface area contributed by atoms with E-state index in [0.717, 1.165) is 18.2 Å². The second-order valence-corrected chi connectivity index (χ2v) is 7.70. The van der Waals surface area contributed by atoms with Crippen molar-refractivity contribution in [3.05, 3.63) is 64.7 Å². The summed E-state index contributed by atoms with van der Waals surface area (Å²) >= 11 is 0. The van der Waals surface area contributed by atoms with E-state index in [0.29, 0.717) is 17.7 Å². The van der Waals surface area contributed by atoms with Gasteiger partial charge >= 0.3 is 12.1 Å². The summed E-state index contributed by atoms with van der Waals surface area (Å²) in [6.45, 7) is 7.92. The Labute approximate surface area is 171 Å². The fourth-order valence-corrected chi connectivity index (χ4v) is 2.67. The molecule has 0 spiro atoms. The molecule has 164 valence electrons. The molecule has 30 heavy (non-hydrogen) atoms. The molecule has 0 aliphatic heterocycles. The average molecular weight is 430 g/mol. The van der Waals surface area contributed by atoms with E-state index in [9.17, 15) is 26.7 Å². The molecule has 0 amide bonds. The van der Waals surface area contributed by atoms with Crippen molar-refractivity contribution in [2.24, 2.45) is 0 Å². The van der Waals surface area contributed by atoms with Crippen molar-refractivity contribution in [1.29, 1.82) is 0 Å². The lowest BCUT2D eigenvalue weighted by atomic mass is 9.97. The molecule has 0 heterocycles. The lowest BCUT2D eigenvalue weighted by Crippen LogP contribution is -2.41. The van der Waals surface area contributed by atoms with Gasteiger partial charge in [-0.2, -0.15) is 22.0 Å². The van der Waals surface area contributed by atoms with E-state index in [4.69, 9.17) is 9.47 Å². The molecule has 2 rings (SSSR count). The SMILES string of the molecule is Cc1cc(C(F)(F)c2ccc(C(F)(F)F)cc2)ccc1OC(C)(C)C(=O)OC(C)C. The summed E-state index contributed by atoms with van der Waals surface area (Å²) in [7, 11) is 0. The highest BCUT2D eigenvalue weighted by atomic mass is 19.4. The van der Waals surface area contributed by atoms with Crippen molar-refractivity contribution >= 4 is 5.97 Å². The normalized spacial score (nSPS) is 12.8. The quantitative estimate of drug-likeness (QED) is 0.401. The van der Waals surface area contributed by atoms with Crippen LogP contribution in [0.1, 0.15) is 49.9 Å². The van der Waals surface area contributed by atoms with Crippen molar-refractivity contribution in [1.82, 2.24) is 0 Å². The monoisotopic (exact) mass is 430 g/mol. The summed E-state index contributed by atoms with van der Waals surface area (Å²) < 4.78 is 78.5. The molecule has 2 aromatic carbocycles. The first-order chi connectivity index (χ1) is 13.6. The standard InChI is InChI=1S/C22H23F5O3/c1-13(2)29-19(28)20(4,5)30-18-11-10-17(12-14(18)3)21(23,24)15-6-8-16(9-7-15)22(25,26)27/h6-13H,1-5H3. The van der Waals surface area contributed by atoms with Gasteiger partial charge < -0.3 is 9.47 Å². The summed E-state index contributed by atoms with van der Waals surface area (Å²) in [4.78, 5) is 12.2. The van der Waals surface area contributed by atoms with Crippen molar-refractivity contribution in [3.63, 3.8) is 0 Å². The number of esters is 1. The lowest BCUT2D eigenvalue weighted by Gasteiger charge is -2.27. The third-order valence-corrected chi connectivity index (χ3v) is 4.31. The van der Waals surface area contributed by atoms with Gasteiger partial charge in [-0.25, -0.2) is 4.79 Å². The number of aryl methyl sites for hydroxylation is 1. The summed E-state index contributed by atoms with van der Waals surface area (Å²) in [6.07, 6.45) is -4.95. The van der Waals surface area contributed by atoms with Crippen LogP contribution in [0.5, 0.6) is 5.75 Å². The third kappa shape index (κ3) is 5.29. The van der Waals surface area contributed by atoms with Gasteiger partial charge in [-0.1, -0.05) is 12.1 Å². The molecule has 0 N–H and O–H groups in total. The molecule has 0 aromatic heterocycles. The van der Waals surface area contributed by atoms with Crippen LogP contribution in [0.4, 0.5) is 22.0 Å². The Morgan fingerprint density at radius 3 is 1.83 bits per heavy atom. The van der Waals surface area contributed by atoms with Gasteiger partial charge in [0.05, 0.1) is 11.7 Å². The average Bonchev–Trinajstić information content (AvgIpc) is 2.62. The Hall–Kier alpha value is -2.64. The predicted octanol–water partition coefficient (Wildman–Crippen LogP) is 6.26. The number of rotatable bonds is 6. The zero-order valence-corrected chi connectivity index (χ0v) is 17.2. The molecule has 2 aromatic rings. The highest BCUT2D eigenvalue weighted by Gasteiger charge is 2.37. The van der Waals surface area contributed by atoms with Gasteiger partial charge in [0, 0.05) is 11.1 Å². The van der Waals surface area contributed by atoms with Gasteiger partial charge in [-0.15, -0.1) is 0 Å². The largest absolute Gasteiger partial charge is 0.476 e. The number of hydrogen-bond donors (Lipinski definition) is 0. The van der Waals surface area contributed by atoms with Crippen LogP contribution in [0.3, 0.4) is 0 Å². The van der Waals surface area contributed by atoms with E-state index in [2.05, 4.69) is 0 Å². The fourth-order valence-electron chi connectivity index (χ4n) is 2.67. The van der Waals surface area contributed by atoms with Gasteiger partial charge in [0.25, 0.3) is 5.92 Å². The van der Waals surface area contributed by atoms with Crippen LogP contribution in [0, 0.1) is 6.92 Å². The van der Waals surface area contributed by atoms with Crippen LogP contribution in [-0.2, 0) is 21.6 Å². The van der Waals surface area contributed by atoms with Gasteiger partial charge in [-0.3, -0.25) is 0 Å². The first-order valence-electron chi connectivity index (χ1n) is 9.21. The molecule has 0 saturated carbocycles. The molecule has 0 aliphatic rings. The van der Waals surface area contributed by atoms with Crippen LogP contribution in [0.2, 0.25) is 0 Å². The van der Waals surface area contributed by atoms with Crippen LogP contribution in [-0.4, -0.2) is 17.7 Å². The topological polar surface area (TPSA) is 35.5 Å². The Bertz CT molecular complexity index is 900. The molecule has 0 unspecified atom stereocenters. The molecule has 8 heteroatoms. The number of halogens is 5. The zero-order chi connectivity index (χ0) is 22.9. The smallest absolute Gasteiger partial charge is 0.416 e. The summed E-state index contributed by atoms with van der Waals surface area (Å²) in [6, 6.07) is 6.35. The van der Waals surface area contributed by atoms with E-state index in [1.165, 1.54) is 32.9 Å². The molecule has 0 fully saturated rings. The second kappa shape index (κ2) is 8.24. The highest BCUT2D eigenvalue weighted by molar-refractivity contribution is 5.79. The van der Waals surface area contributed by atoms with E-state index >= 15 is 0 Å². The molecule has 0 saturated heterocycles. The van der Waals surface area contributed by atoms with E-state index in [1.54, 1.807) is 13.8 Å². The zero-order valence-electron chi connectivity index (χ0n) is 17.2. The molecule has 0 bridgehead atoms. The van der Waals surface area contributed by atoms with Crippen molar-refractivity contribution < 1.29 is 36.2 Å². The number of carbonyl (C=O) groups is 1. The first kappa shape index (κ1) is 23.6. The van der Waals surface area contributed by atoms with Gasteiger partial charge in [0.15, 0.2) is 5.60 Å². The van der Waals surface area contributed by atoms with Gasteiger partial charge in [-0.05, 0) is 70.5 Å². The van der Waals surface area contributed by atoms with Crippen LogP contribution in [0.15, 0.2) is 42.5 Å². The predicted molar refractivity (Wildman–Crippen MR) is 102 cm³/mol. The minimum atomic E-state index is -4.60. The number of benzene rings is 2. The van der Waals surface area contributed by atoms with E-state index in [-0.39, 0.29) is 11.9 Å².